The maximum Gasteiger partial charge on any atom is 0.326 e. The van der Waals surface area contributed by atoms with Crippen molar-refractivity contribution in [2.45, 2.75) is 49.7 Å². The summed E-state index contributed by atoms with van der Waals surface area (Å²) in [6.45, 7) is 4.53. The highest BCUT2D eigenvalue weighted by atomic mass is 16.5. The number of rotatable bonds is 4. The van der Waals surface area contributed by atoms with E-state index in [-0.39, 0.29) is 5.97 Å². The molecule has 0 aromatic carbocycles. The van der Waals surface area contributed by atoms with Gasteiger partial charge < -0.3 is 9.64 Å². The first-order valence-corrected chi connectivity index (χ1v) is 7.92. The number of hydrogen-bond donors (Lipinski definition) is 1. The van der Waals surface area contributed by atoms with Gasteiger partial charge in [0, 0.05) is 38.3 Å². The van der Waals surface area contributed by atoms with Crippen molar-refractivity contribution in [1.29, 1.82) is 0 Å². The number of nitrogens with zero attached hydrogens (tertiary/aromatic N) is 2. The smallest absolute Gasteiger partial charge is 0.326 e. The fourth-order valence-corrected chi connectivity index (χ4v) is 3.71. The maximum atomic E-state index is 12.3. The van der Waals surface area contributed by atoms with E-state index in [9.17, 15) is 4.79 Å². The van der Waals surface area contributed by atoms with E-state index in [4.69, 9.17) is 4.74 Å². The van der Waals surface area contributed by atoms with Crippen LogP contribution in [-0.4, -0.2) is 73.7 Å². The third kappa shape index (κ3) is 2.85. The summed E-state index contributed by atoms with van der Waals surface area (Å²) in [6, 6.07) is 1.08. The molecule has 1 saturated heterocycles. The van der Waals surface area contributed by atoms with Crippen LogP contribution >= 0.6 is 0 Å². The average molecular weight is 281 g/mol. The van der Waals surface area contributed by atoms with Crippen LogP contribution in [0.4, 0.5) is 0 Å². The van der Waals surface area contributed by atoms with E-state index in [2.05, 4.69) is 22.2 Å². The summed E-state index contributed by atoms with van der Waals surface area (Å²) in [5, 5.41) is 3.58. The highest BCUT2D eigenvalue weighted by Gasteiger charge is 2.50. The Balaban J connectivity index is 1.64. The molecular weight excluding hydrogens is 254 g/mol. The number of esters is 1. The SMILES string of the molecule is COC(=O)C1(NC2CC2)CCC(N2CCN(C)CC2)C1. The number of ether oxygens (including phenoxy) is 1. The minimum atomic E-state index is -0.413. The van der Waals surface area contributed by atoms with Crippen molar-refractivity contribution >= 4 is 5.97 Å². The van der Waals surface area contributed by atoms with Crippen molar-refractivity contribution in [3.63, 3.8) is 0 Å². The molecule has 0 amide bonds. The zero-order valence-electron chi connectivity index (χ0n) is 12.7. The molecular formula is C15H27N3O2. The van der Waals surface area contributed by atoms with E-state index in [0.717, 1.165) is 45.4 Å². The largest absolute Gasteiger partial charge is 0.468 e. The Kier molecular flexibility index (Phi) is 4.02. The van der Waals surface area contributed by atoms with E-state index in [1.165, 1.54) is 20.0 Å². The van der Waals surface area contributed by atoms with E-state index >= 15 is 0 Å². The highest BCUT2D eigenvalue weighted by molar-refractivity contribution is 5.81. The zero-order chi connectivity index (χ0) is 14.2. The summed E-state index contributed by atoms with van der Waals surface area (Å²) in [5.74, 6) is -0.0546. The normalized spacial score (nSPS) is 36.2. The quantitative estimate of drug-likeness (QED) is 0.758. The first kappa shape index (κ1) is 14.3. The Bertz CT molecular complexity index is 364. The van der Waals surface area contributed by atoms with Crippen LogP contribution in [0.5, 0.6) is 0 Å². The third-order valence-electron chi connectivity index (χ3n) is 5.18. The fraction of sp³-hybridized carbons (Fsp3) is 0.933. The molecule has 5 heteroatoms. The second-order valence-corrected chi connectivity index (χ2v) is 6.73. The van der Waals surface area contributed by atoms with Crippen LogP contribution in [-0.2, 0) is 9.53 Å². The molecule has 2 atom stereocenters. The van der Waals surface area contributed by atoms with Crippen LogP contribution in [0.25, 0.3) is 0 Å². The molecule has 1 N–H and O–H groups in total. The molecule has 20 heavy (non-hydrogen) atoms. The van der Waals surface area contributed by atoms with Crippen molar-refractivity contribution in [3.8, 4) is 0 Å². The molecule has 114 valence electrons. The van der Waals surface area contributed by atoms with E-state index < -0.39 is 5.54 Å². The lowest BCUT2D eigenvalue weighted by atomic mass is 9.96. The van der Waals surface area contributed by atoms with Gasteiger partial charge in [-0.25, -0.2) is 0 Å². The Hall–Kier alpha value is -0.650. The number of likely N-dealkylation sites (N-methyl/N-ethyl adjacent to an activating group) is 1. The van der Waals surface area contributed by atoms with Crippen LogP contribution < -0.4 is 5.32 Å². The second kappa shape index (κ2) is 5.62. The predicted octanol–water partition coefficient (Wildman–Crippen LogP) is 0.450. The van der Waals surface area contributed by atoms with E-state index in [1.54, 1.807) is 0 Å². The Morgan fingerprint density at radius 2 is 1.90 bits per heavy atom. The first-order chi connectivity index (χ1) is 9.63. The van der Waals surface area contributed by atoms with Crippen molar-refractivity contribution in [2.75, 3.05) is 40.3 Å². The van der Waals surface area contributed by atoms with Gasteiger partial charge >= 0.3 is 5.97 Å². The van der Waals surface area contributed by atoms with Gasteiger partial charge in [-0.15, -0.1) is 0 Å². The molecule has 3 fully saturated rings. The highest BCUT2D eigenvalue weighted by Crippen LogP contribution is 2.37. The van der Waals surface area contributed by atoms with Crippen molar-refractivity contribution in [2.24, 2.45) is 0 Å². The summed E-state index contributed by atoms with van der Waals surface area (Å²) in [7, 11) is 3.70. The monoisotopic (exact) mass is 281 g/mol. The van der Waals surface area contributed by atoms with Gasteiger partial charge in [-0.05, 0) is 39.2 Å². The molecule has 1 heterocycles. The predicted molar refractivity (Wildman–Crippen MR) is 77.6 cm³/mol. The Labute approximate surface area is 121 Å². The molecule has 1 aliphatic heterocycles. The van der Waals surface area contributed by atoms with Gasteiger partial charge in [0.15, 0.2) is 0 Å². The second-order valence-electron chi connectivity index (χ2n) is 6.73. The lowest BCUT2D eigenvalue weighted by Gasteiger charge is -2.37. The van der Waals surface area contributed by atoms with E-state index in [0.29, 0.717) is 12.1 Å². The molecule has 0 radical (unpaired) electrons. The van der Waals surface area contributed by atoms with Crippen molar-refractivity contribution < 1.29 is 9.53 Å². The molecule has 2 unspecified atom stereocenters. The third-order valence-corrected chi connectivity index (χ3v) is 5.18. The molecule has 5 nitrogen and oxygen atoms in total. The molecule has 0 spiro atoms. The Morgan fingerprint density at radius 1 is 1.20 bits per heavy atom. The number of hydrogen-bond acceptors (Lipinski definition) is 5. The molecule has 3 aliphatic rings. The minimum absolute atomic E-state index is 0.0546. The standard InChI is InChI=1S/C15H27N3O2/c1-17-7-9-18(10-8-17)13-5-6-15(11-13,14(19)20-2)16-12-3-4-12/h12-13,16H,3-11H2,1-2H3. The van der Waals surface area contributed by atoms with Gasteiger partial charge in [0.1, 0.15) is 5.54 Å². The fourth-order valence-electron chi connectivity index (χ4n) is 3.71. The molecule has 0 aromatic heterocycles. The number of methoxy groups -OCH3 is 1. The lowest BCUT2D eigenvalue weighted by Crippen LogP contribution is -2.54. The number of carbonyl (C=O) groups excluding carboxylic acids is 1. The molecule has 2 saturated carbocycles. The summed E-state index contributed by atoms with van der Waals surface area (Å²) in [6.07, 6.45) is 5.36. The Morgan fingerprint density at radius 3 is 2.50 bits per heavy atom. The summed E-state index contributed by atoms with van der Waals surface area (Å²) < 4.78 is 5.09. The van der Waals surface area contributed by atoms with Gasteiger partial charge in [-0.2, -0.15) is 0 Å². The van der Waals surface area contributed by atoms with Crippen LogP contribution in [0.15, 0.2) is 0 Å². The summed E-state index contributed by atoms with van der Waals surface area (Å²) >= 11 is 0. The molecule has 3 rings (SSSR count). The topological polar surface area (TPSA) is 44.8 Å². The van der Waals surface area contributed by atoms with Gasteiger partial charge in [0.05, 0.1) is 7.11 Å². The number of nitrogens with one attached hydrogen (secondary N) is 1. The molecule has 2 aliphatic carbocycles. The number of piperazine rings is 1. The van der Waals surface area contributed by atoms with Crippen LogP contribution in [0.2, 0.25) is 0 Å². The maximum absolute atomic E-state index is 12.3. The van der Waals surface area contributed by atoms with Crippen molar-refractivity contribution in [1.82, 2.24) is 15.1 Å². The lowest BCUT2D eigenvalue weighted by molar-refractivity contribution is -0.148. The zero-order valence-corrected chi connectivity index (χ0v) is 12.7. The van der Waals surface area contributed by atoms with Crippen molar-refractivity contribution in [3.05, 3.63) is 0 Å². The van der Waals surface area contributed by atoms with Gasteiger partial charge in [-0.1, -0.05) is 0 Å². The van der Waals surface area contributed by atoms with Crippen LogP contribution in [0.1, 0.15) is 32.1 Å². The van der Waals surface area contributed by atoms with Gasteiger partial charge in [0.25, 0.3) is 0 Å². The summed E-state index contributed by atoms with van der Waals surface area (Å²) in [4.78, 5) is 17.2. The number of carbonyl (C=O) groups is 1. The molecule has 0 bridgehead atoms. The summed E-state index contributed by atoms with van der Waals surface area (Å²) in [5.41, 5.74) is -0.413. The first-order valence-electron chi connectivity index (χ1n) is 7.92. The molecule has 0 aromatic rings. The van der Waals surface area contributed by atoms with Crippen LogP contribution in [0, 0.1) is 0 Å². The van der Waals surface area contributed by atoms with Gasteiger partial charge in [-0.3, -0.25) is 15.0 Å². The van der Waals surface area contributed by atoms with Gasteiger partial charge in [0.2, 0.25) is 0 Å². The minimum Gasteiger partial charge on any atom is -0.468 e. The van der Waals surface area contributed by atoms with E-state index in [1.807, 2.05) is 0 Å². The average Bonchev–Trinajstić information content (AvgIpc) is 3.16. The van der Waals surface area contributed by atoms with Crippen LogP contribution in [0.3, 0.4) is 0 Å².